The second-order valence-corrected chi connectivity index (χ2v) is 6.05. The molecule has 4 heteroatoms. The lowest BCUT2D eigenvalue weighted by molar-refractivity contribution is 0.499. The van der Waals surface area contributed by atoms with Crippen molar-refractivity contribution < 1.29 is 0 Å². The first-order valence-electron chi connectivity index (χ1n) is 7.11. The Morgan fingerprint density at radius 3 is 2.60 bits per heavy atom. The molecule has 1 fully saturated rings. The van der Waals surface area contributed by atoms with Crippen LogP contribution in [-0.4, -0.2) is 36.7 Å². The summed E-state index contributed by atoms with van der Waals surface area (Å²) in [5.74, 6) is 0. The van der Waals surface area contributed by atoms with Gasteiger partial charge in [0.25, 0.3) is 0 Å². The van der Waals surface area contributed by atoms with Crippen molar-refractivity contribution in [3.63, 3.8) is 0 Å². The highest BCUT2D eigenvalue weighted by molar-refractivity contribution is 5.50. The topological polar surface area (TPSA) is 33.1 Å². The molecule has 1 N–H and O–H groups in total. The number of hydrogen-bond acceptors (Lipinski definition) is 3. The third kappa shape index (κ3) is 2.20. The van der Waals surface area contributed by atoms with Crippen molar-refractivity contribution in [2.75, 3.05) is 32.1 Å². The van der Waals surface area contributed by atoms with Gasteiger partial charge in [0, 0.05) is 49.3 Å². The lowest BCUT2D eigenvalue weighted by Gasteiger charge is -2.24. The van der Waals surface area contributed by atoms with E-state index in [2.05, 4.69) is 65.1 Å². The molecule has 0 spiro atoms. The van der Waals surface area contributed by atoms with Gasteiger partial charge in [-0.15, -0.1) is 0 Å². The maximum absolute atomic E-state index is 4.37. The summed E-state index contributed by atoms with van der Waals surface area (Å²) in [5, 5.41) is 3.46. The number of imidazole rings is 1. The summed E-state index contributed by atoms with van der Waals surface area (Å²) in [4.78, 5) is 6.48. The van der Waals surface area contributed by atoms with E-state index in [1.54, 1.807) is 0 Å². The Labute approximate surface area is 120 Å². The van der Waals surface area contributed by atoms with Gasteiger partial charge in [-0.2, -0.15) is 0 Å². The van der Waals surface area contributed by atoms with Gasteiger partial charge in [0.2, 0.25) is 0 Å². The largest absolute Gasteiger partial charge is 0.378 e. The van der Waals surface area contributed by atoms with Gasteiger partial charge in [-0.1, -0.05) is 6.92 Å². The fourth-order valence-electron chi connectivity index (χ4n) is 2.89. The van der Waals surface area contributed by atoms with Crippen LogP contribution in [0.4, 0.5) is 5.69 Å². The lowest BCUT2D eigenvalue weighted by Crippen LogP contribution is -2.27. The van der Waals surface area contributed by atoms with Crippen molar-refractivity contribution in [2.24, 2.45) is 0 Å². The summed E-state index contributed by atoms with van der Waals surface area (Å²) in [6, 6.07) is 8.61. The Kier molecular flexibility index (Phi) is 3.26. The molecular weight excluding hydrogens is 248 g/mol. The molecule has 0 bridgehead atoms. The van der Waals surface area contributed by atoms with Gasteiger partial charge in [-0.3, -0.25) is 0 Å². The first-order valence-corrected chi connectivity index (χ1v) is 7.11. The van der Waals surface area contributed by atoms with Crippen LogP contribution in [0.5, 0.6) is 0 Å². The Bertz CT molecular complexity index is 577. The standard InChI is InChI=1S/C16H22N4/c1-16(8-9-17-11-16)15-10-18-12-20(15)14-6-4-13(5-7-14)19(2)3/h4-7,10,12,17H,8-9,11H2,1-3H3. The minimum atomic E-state index is 0.177. The predicted octanol–water partition coefficient (Wildman–Crippen LogP) is 2.19. The molecule has 0 aliphatic carbocycles. The monoisotopic (exact) mass is 270 g/mol. The van der Waals surface area contributed by atoms with Gasteiger partial charge < -0.3 is 14.8 Å². The minimum absolute atomic E-state index is 0.177. The quantitative estimate of drug-likeness (QED) is 0.928. The summed E-state index contributed by atoms with van der Waals surface area (Å²) in [7, 11) is 4.12. The van der Waals surface area contributed by atoms with E-state index in [1.165, 1.54) is 17.1 Å². The summed E-state index contributed by atoms with van der Waals surface area (Å²) < 4.78 is 2.21. The summed E-state index contributed by atoms with van der Waals surface area (Å²) in [5.41, 5.74) is 3.86. The normalized spacial score (nSPS) is 22.1. The molecule has 1 aromatic heterocycles. The molecule has 1 saturated heterocycles. The van der Waals surface area contributed by atoms with Crippen LogP contribution in [0.15, 0.2) is 36.8 Å². The Morgan fingerprint density at radius 1 is 1.25 bits per heavy atom. The molecule has 3 rings (SSSR count). The van der Waals surface area contributed by atoms with Gasteiger partial charge in [0.1, 0.15) is 0 Å². The smallest absolute Gasteiger partial charge is 0.0994 e. The molecule has 1 unspecified atom stereocenters. The van der Waals surface area contributed by atoms with Crippen molar-refractivity contribution in [1.29, 1.82) is 0 Å². The van der Waals surface area contributed by atoms with E-state index < -0.39 is 0 Å². The van der Waals surface area contributed by atoms with Gasteiger partial charge in [-0.25, -0.2) is 4.98 Å². The molecule has 4 nitrogen and oxygen atoms in total. The molecule has 2 aromatic rings. The summed E-state index contributed by atoms with van der Waals surface area (Å²) in [6.45, 7) is 4.42. The molecule has 20 heavy (non-hydrogen) atoms. The molecule has 1 aliphatic rings. The van der Waals surface area contributed by atoms with Crippen LogP contribution in [0.1, 0.15) is 19.0 Å². The van der Waals surface area contributed by atoms with Crippen LogP contribution in [0, 0.1) is 0 Å². The van der Waals surface area contributed by atoms with Gasteiger partial charge in [0.05, 0.1) is 6.33 Å². The van der Waals surface area contributed by atoms with Crippen LogP contribution in [-0.2, 0) is 5.41 Å². The van der Waals surface area contributed by atoms with Crippen LogP contribution in [0.2, 0.25) is 0 Å². The number of anilines is 1. The van der Waals surface area contributed by atoms with E-state index in [4.69, 9.17) is 0 Å². The van der Waals surface area contributed by atoms with Crippen molar-refractivity contribution in [3.8, 4) is 5.69 Å². The third-order valence-electron chi connectivity index (χ3n) is 4.27. The molecule has 0 saturated carbocycles. The maximum Gasteiger partial charge on any atom is 0.0994 e. The summed E-state index contributed by atoms with van der Waals surface area (Å²) >= 11 is 0. The zero-order valence-electron chi connectivity index (χ0n) is 12.4. The minimum Gasteiger partial charge on any atom is -0.378 e. The average molecular weight is 270 g/mol. The Hall–Kier alpha value is -1.81. The number of nitrogens with one attached hydrogen (secondary N) is 1. The van der Waals surface area contributed by atoms with Crippen molar-refractivity contribution >= 4 is 5.69 Å². The number of aromatic nitrogens is 2. The number of nitrogens with zero attached hydrogens (tertiary/aromatic N) is 3. The molecule has 1 aromatic carbocycles. The van der Waals surface area contributed by atoms with E-state index in [1.807, 2.05) is 12.5 Å². The van der Waals surface area contributed by atoms with Crippen LogP contribution < -0.4 is 10.2 Å². The molecule has 0 radical (unpaired) electrons. The fraction of sp³-hybridized carbons (Fsp3) is 0.438. The number of rotatable bonds is 3. The van der Waals surface area contributed by atoms with E-state index in [0.717, 1.165) is 19.5 Å². The number of benzene rings is 1. The zero-order valence-corrected chi connectivity index (χ0v) is 12.4. The Morgan fingerprint density at radius 2 is 2.00 bits per heavy atom. The molecule has 2 heterocycles. The van der Waals surface area contributed by atoms with Gasteiger partial charge in [0.15, 0.2) is 0 Å². The number of hydrogen-bond donors (Lipinski definition) is 1. The second-order valence-electron chi connectivity index (χ2n) is 6.05. The highest BCUT2D eigenvalue weighted by Gasteiger charge is 2.33. The van der Waals surface area contributed by atoms with E-state index in [-0.39, 0.29) is 5.41 Å². The molecule has 106 valence electrons. The van der Waals surface area contributed by atoms with Gasteiger partial charge >= 0.3 is 0 Å². The SMILES string of the molecule is CN(C)c1ccc(-n2cncc2C2(C)CCNC2)cc1. The molecule has 0 amide bonds. The predicted molar refractivity (Wildman–Crippen MR) is 82.7 cm³/mol. The van der Waals surface area contributed by atoms with E-state index in [9.17, 15) is 0 Å². The zero-order chi connectivity index (χ0) is 14.2. The second kappa shape index (κ2) is 4.94. The Balaban J connectivity index is 1.97. The van der Waals surface area contributed by atoms with Crippen LogP contribution >= 0.6 is 0 Å². The molecule has 1 atom stereocenters. The molecular formula is C16H22N4. The van der Waals surface area contributed by atoms with Crippen molar-refractivity contribution in [3.05, 3.63) is 42.5 Å². The first kappa shape index (κ1) is 13.2. The fourth-order valence-corrected chi connectivity index (χ4v) is 2.89. The third-order valence-corrected chi connectivity index (χ3v) is 4.27. The van der Waals surface area contributed by atoms with Crippen molar-refractivity contribution in [1.82, 2.24) is 14.9 Å². The van der Waals surface area contributed by atoms with Crippen LogP contribution in [0.3, 0.4) is 0 Å². The highest BCUT2D eigenvalue weighted by Crippen LogP contribution is 2.31. The lowest BCUT2D eigenvalue weighted by atomic mass is 9.86. The molecule has 1 aliphatic heterocycles. The van der Waals surface area contributed by atoms with E-state index >= 15 is 0 Å². The summed E-state index contributed by atoms with van der Waals surface area (Å²) in [6.07, 6.45) is 5.09. The highest BCUT2D eigenvalue weighted by atomic mass is 15.1. The van der Waals surface area contributed by atoms with Crippen LogP contribution in [0.25, 0.3) is 5.69 Å². The van der Waals surface area contributed by atoms with Gasteiger partial charge in [-0.05, 0) is 37.2 Å². The maximum atomic E-state index is 4.37. The van der Waals surface area contributed by atoms with Crippen molar-refractivity contribution in [2.45, 2.75) is 18.8 Å². The first-order chi connectivity index (χ1) is 9.60. The average Bonchev–Trinajstić information content (AvgIpc) is 3.08. The van der Waals surface area contributed by atoms with E-state index in [0.29, 0.717) is 0 Å².